The number of thioether (sulfide) groups is 1. The molecule has 1 saturated heterocycles. The van der Waals surface area contributed by atoms with Crippen molar-refractivity contribution in [3.8, 4) is 11.1 Å². The van der Waals surface area contributed by atoms with Crippen molar-refractivity contribution in [3.05, 3.63) is 83.7 Å². The summed E-state index contributed by atoms with van der Waals surface area (Å²) in [6.45, 7) is 8.73. The average Bonchev–Trinajstić information content (AvgIpc) is 1.88. The van der Waals surface area contributed by atoms with Crippen molar-refractivity contribution >= 4 is 88.6 Å². The number of carboxylic acids is 3. The SMILES string of the molecule is C.C[C@H](NC(=O)CCCC(=O)ON1C(=O)CCC1=O)C(=O)C[C@H](C)C(=O)N[C@@H](CC(N)=O)C(=O)CCCCN(C(=O)CSCCC(=O)N[C@H](CC(=O)O)C(=O)O)[C@@H](c1cc(-c2cc(F)ccc2F)cn1Cc1ccccc1)C(C)(C)C.O=C(O)C(F)(F)F. The van der Waals surface area contributed by atoms with Gasteiger partial charge in [-0.2, -0.15) is 24.9 Å². The molecule has 1 fully saturated rings. The van der Waals surface area contributed by atoms with Gasteiger partial charge < -0.3 is 51.3 Å². The molecule has 1 aliphatic rings. The van der Waals surface area contributed by atoms with Gasteiger partial charge in [0.2, 0.25) is 29.5 Å². The number of aliphatic carboxylic acids is 3. The Labute approximate surface area is 507 Å². The number of carboxylic acid groups (broad SMARTS) is 3. The number of nitrogens with one attached hydrogen (secondary N) is 3. The third-order valence-electron chi connectivity index (χ3n) is 13.0. The fraction of sp³-hybridized carbons (Fsp3) is 0.500. The molecular weight excluding hydrogens is 1190 g/mol. The number of Topliss-reactive ketones (excluding diaryl/α,β-unsaturated/α-hetero) is 2. The minimum Gasteiger partial charge on any atom is -0.481 e. The van der Waals surface area contributed by atoms with E-state index in [1.54, 1.807) is 17.2 Å². The Balaban J connectivity index is 0.00000310. The van der Waals surface area contributed by atoms with Gasteiger partial charge in [0.25, 0.3) is 11.8 Å². The molecule has 0 unspecified atom stereocenters. The summed E-state index contributed by atoms with van der Waals surface area (Å²) >= 11 is 1.06. The number of hydroxylamine groups is 2. The highest BCUT2D eigenvalue weighted by Gasteiger charge is 2.39. The second-order valence-electron chi connectivity index (χ2n) is 21.3. The van der Waals surface area contributed by atoms with Gasteiger partial charge >= 0.3 is 30.1 Å². The number of rotatable bonds is 33. The number of amides is 7. The number of benzene rings is 2. The van der Waals surface area contributed by atoms with Crippen molar-refractivity contribution < 1.29 is 104 Å². The molecule has 2 heterocycles. The Morgan fingerprint density at radius 2 is 1.36 bits per heavy atom. The second-order valence-corrected chi connectivity index (χ2v) is 22.4. The van der Waals surface area contributed by atoms with Crippen LogP contribution in [0.3, 0.4) is 0 Å². The van der Waals surface area contributed by atoms with Crippen molar-refractivity contribution in [1.29, 1.82) is 0 Å². The molecule has 484 valence electrons. The molecule has 0 aliphatic carbocycles. The number of ketones is 2. The number of nitrogens with zero attached hydrogens (tertiary/aromatic N) is 3. The summed E-state index contributed by atoms with van der Waals surface area (Å²) in [6, 6.07) is 9.13. The maximum atomic E-state index is 15.4. The second kappa shape index (κ2) is 35.3. The molecule has 1 aromatic heterocycles. The van der Waals surface area contributed by atoms with Crippen molar-refractivity contribution in [2.45, 2.75) is 156 Å². The van der Waals surface area contributed by atoms with Crippen LogP contribution in [0.1, 0.15) is 136 Å². The molecule has 2 aromatic carbocycles. The largest absolute Gasteiger partial charge is 0.490 e. The van der Waals surface area contributed by atoms with Crippen LogP contribution in [-0.2, 0) is 73.7 Å². The number of hydrogen-bond donors (Lipinski definition) is 7. The first-order valence-electron chi connectivity index (χ1n) is 27.2. The van der Waals surface area contributed by atoms with E-state index in [1.807, 2.05) is 55.7 Å². The maximum Gasteiger partial charge on any atom is 0.490 e. The Bertz CT molecular complexity index is 2990. The zero-order chi connectivity index (χ0) is 65.5. The number of imide groups is 1. The summed E-state index contributed by atoms with van der Waals surface area (Å²) in [5, 5.41) is 33.1. The fourth-order valence-corrected chi connectivity index (χ4v) is 9.55. The van der Waals surface area contributed by atoms with Crippen molar-refractivity contribution in [2.24, 2.45) is 17.1 Å². The van der Waals surface area contributed by atoms with Crippen LogP contribution in [0.2, 0.25) is 0 Å². The summed E-state index contributed by atoms with van der Waals surface area (Å²) in [6.07, 6.45) is -6.09. The summed E-state index contributed by atoms with van der Waals surface area (Å²) in [4.78, 5) is 166. The van der Waals surface area contributed by atoms with Gasteiger partial charge in [-0.15, -0.1) is 5.06 Å². The van der Waals surface area contributed by atoms with Crippen LogP contribution in [0, 0.1) is 23.0 Å². The number of hydrogen-bond acceptors (Lipinski definition) is 15. The van der Waals surface area contributed by atoms with Gasteiger partial charge in [-0.1, -0.05) is 65.5 Å². The van der Waals surface area contributed by atoms with Gasteiger partial charge in [-0.3, -0.25) is 47.9 Å². The molecule has 7 amide bonds. The van der Waals surface area contributed by atoms with Crippen LogP contribution >= 0.6 is 11.8 Å². The highest BCUT2D eigenvalue weighted by Crippen LogP contribution is 2.42. The maximum absolute atomic E-state index is 15.4. The molecule has 3 aromatic rings. The van der Waals surface area contributed by atoms with E-state index in [2.05, 4.69) is 16.0 Å². The number of alkyl halides is 3. The normalized spacial score (nSPS) is 13.9. The van der Waals surface area contributed by atoms with Crippen molar-refractivity contribution in [2.75, 3.05) is 18.1 Å². The number of carbonyl (C=O) groups excluding carboxylic acids is 10. The van der Waals surface area contributed by atoms with E-state index in [4.69, 9.17) is 25.6 Å². The average molecular weight is 1270 g/mol. The molecule has 8 N–H and O–H groups in total. The molecule has 0 spiro atoms. The first kappa shape index (κ1) is 75.5. The Hall–Kier alpha value is -8.57. The van der Waals surface area contributed by atoms with Gasteiger partial charge in [0.15, 0.2) is 11.6 Å². The van der Waals surface area contributed by atoms with E-state index in [0.717, 1.165) is 35.5 Å². The number of primary amides is 1. The first-order chi connectivity index (χ1) is 40.6. The van der Waals surface area contributed by atoms with E-state index in [0.29, 0.717) is 16.3 Å². The lowest BCUT2D eigenvalue weighted by Crippen LogP contribution is -2.46. The standard InChI is InChI=1S/C55H69F2N7O15S.C2HF3O2.CH4/c1-32(24-43(66)33(2)59-45(68)15-11-16-51(75)79-64-47(70)19-20-48(64)71)53(76)61-39(27-44(58)67)42(65)14-9-10-22-63(49(72)31-80-23-21-46(69)60-40(54(77)78)28-50(73)74)52(55(3,4)5)41-25-35(37-26-36(56)17-18-38(37)57)30-62(41)29-34-12-7-6-8-13-34;3-2(4,5)1(6)7;/h6-8,12-13,17-18,25-26,30,32-33,39-40,52H,9-11,14-16,19-24,27-29,31H2,1-5H3,(H2,58,67)(H,59,68)(H,60,69)(H,61,76)(H,73,74)(H,77,78);(H,6,7);1H4/t32-,33-,39-,40+,52-;;/m0../s1. The lowest BCUT2D eigenvalue weighted by Gasteiger charge is -2.41. The van der Waals surface area contributed by atoms with Gasteiger partial charge in [0.05, 0.1) is 36.7 Å². The van der Waals surface area contributed by atoms with E-state index < -0.39 is 143 Å². The van der Waals surface area contributed by atoms with E-state index in [-0.39, 0.29) is 102 Å². The van der Waals surface area contributed by atoms with Gasteiger partial charge in [0, 0.05) is 92.7 Å². The van der Waals surface area contributed by atoms with Gasteiger partial charge in [-0.25, -0.2) is 23.2 Å². The quantitative estimate of drug-likeness (QED) is 0.0215. The molecular formula is C58H74F5N7O17S. The summed E-state index contributed by atoms with van der Waals surface area (Å²) in [7, 11) is 0. The lowest BCUT2D eigenvalue weighted by molar-refractivity contribution is -0.197. The number of halogens is 5. The van der Waals surface area contributed by atoms with Crippen LogP contribution in [0.4, 0.5) is 22.0 Å². The minimum atomic E-state index is -5.08. The zero-order valence-electron chi connectivity index (χ0n) is 48.2. The molecule has 88 heavy (non-hydrogen) atoms. The van der Waals surface area contributed by atoms with E-state index in [1.165, 1.54) is 13.8 Å². The van der Waals surface area contributed by atoms with Crippen LogP contribution in [0.5, 0.6) is 0 Å². The van der Waals surface area contributed by atoms with Gasteiger partial charge in [0.1, 0.15) is 17.7 Å². The smallest absolute Gasteiger partial charge is 0.481 e. The summed E-state index contributed by atoms with van der Waals surface area (Å²) < 4.78 is 63.6. The fourth-order valence-electron chi connectivity index (χ4n) is 8.74. The molecule has 30 heteroatoms. The third kappa shape index (κ3) is 25.4. The molecule has 5 atom stereocenters. The number of aromatic nitrogens is 1. The summed E-state index contributed by atoms with van der Waals surface area (Å²) in [5.74, 6) is -15.1. The van der Waals surface area contributed by atoms with Crippen LogP contribution < -0.4 is 21.7 Å². The predicted octanol–water partition coefficient (Wildman–Crippen LogP) is 5.81. The number of carbonyl (C=O) groups is 13. The van der Waals surface area contributed by atoms with E-state index >= 15 is 4.39 Å². The minimum absolute atomic E-state index is 0. The Kier molecular flexibility index (Phi) is 30.3. The third-order valence-corrected chi connectivity index (χ3v) is 14.0. The molecule has 4 rings (SSSR count). The number of unbranched alkanes of at least 4 members (excludes halogenated alkanes) is 1. The predicted molar refractivity (Wildman–Crippen MR) is 305 cm³/mol. The molecule has 24 nitrogen and oxygen atoms in total. The molecule has 0 bridgehead atoms. The van der Waals surface area contributed by atoms with Crippen LogP contribution in [-0.4, -0.2) is 149 Å². The zero-order valence-corrected chi connectivity index (χ0v) is 49.1. The highest BCUT2D eigenvalue weighted by molar-refractivity contribution is 7.99. The Morgan fingerprint density at radius 3 is 1.93 bits per heavy atom. The lowest BCUT2D eigenvalue weighted by atomic mass is 9.82. The van der Waals surface area contributed by atoms with Crippen molar-refractivity contribution in [3.63, 3.8) is 0 Å². The highest BCUT2D eigenvalue weighted by atomic mass is 32.2. The topological polar surface area (TPSA) is 365 Å². The van der Waals surface area contributed by atoms with Crippen LogP contribution in [0.25, 0.3) is 11.1 Å². The van der Waals surface area contributed by atoms with Crippen LogP contribution in [0.15, 0.2) is 60.8 Å². The molecule has 0 radical (unpaired) electrons. The van der Waals surface area contributed by atoms with Gasteiger partial charge in [-0.05, 0) is 61.4 Å². The summed E-state index contributed by atoms with van der Waals surface area (Å²) in [5.41, 5.74) is 6.43. The Morgan fingerprint density at radius 1 is 0.750 bits per heavy atom. The first-order valence-corrected chi connectivity index (χ1v) is 28.4. The van der Waals surface area contributed by atoms with Crippen molar-refractivity contribution in [1.82, 2.24) is 30.5 Å². The monoisotopic (exact) mass is 1270 g/mol. The molecule has 0 saturated carbocycles. The van der Waals surface area contributed by atoms with E-state index in [9.17, 15) is 80.2 Å². The molecule has 1 aliphatic heterocycles. The number of nitrogens with two attached hydrogens (primary N) is 1.